The number of nitro groups is 1. The van der Waals surface area contributed by atoms with Crippen molar-refractivity contribution in [1.29, 1.82) is 0 Å². The van der Waals surface area contributed by atoms with Gasteiger partial charge in [-0.15, -0.1) is 0 Å². The SMILES string of the molecule is Cc1ccccc1C1CC(NCc2ccccc2[N+](=O)[O-])C1. The van der Waals surface area contributed by atoms with E-state index < -0.39 is 0 Å². The quantitative estimate of drug-likeness (QED) is 0.671. The van der Waals surface area contributed by atoms with E-state index in [-0.39, 0.29) is 10.6 Å². The molecule has 1 saturated carbocycles. The fraction of sp³-hybridized carbons (Fsp3) is 0.333. The van der Waals surface area contributed by atoms with Gasteiger partial charge in [-0.1, -0.05) is 42.5 Å². The highest BCUT2D eigenvalue weighted by atomic mass is 16.6. The summed E-state index contributed by atoms with van der Waals surface area (Å²) in [7, 11) is 0. The van der Waals surface area contributed by atoms with Crippen molar-refractivity contribution in [2.24, 2.45) is 0 Å². The number of para-hydroxylation sites is 1. The molecule has 0 spiro atoms. The van der Waals surface area contributed by atoms with Crippen molar-refractivity contribution < 1.29 is 4.92 Å². The van der Waals surface area contributed by atoms with E-state index in [0.717, 1.165) is 18.4 Å². The lowest BCUT2D eigenvalue weighted by Crippen LogP contribution is -2.39. The Morgan fingerprint density at radius 3 is 2.55 bits per heavy atom. The number of nitrogens with zero attached hydrogens (tertiary/aromatic N) is 1. The topological polar surface area (TPSA) is 55.2 Å². The van der Waals surface area contributed by atoms with Gasteiger partial charge in [0.25, 0.3) is 5.69 Å². The van der Waals surface area contributed by atoms with Crippen LogP contribution in [-0.4, -0.2) is 11.0 Å². The maximum Gasteiger partial charge on any atom is 0.273 e. The van der Waals surface area contributed by atoms with Crippen LogP contribution in [0.4, 0.5) is 5.69 Å². The summed E-state index contributed by atoms with van der Waals surface area (Å²) in [6.07, 6.45) is 2.21. The number of aryl methyl sites for hydroxylation is 1. The van der Waals surface area contributed by atoms with E-state index in [4.69, 9.17) is 0 Å². The third-order valence-electron chi connectivity index (χ3n) is 4.54. The second-order valence-electron chi connectivity index (χ2n) is 5.99. The van der Waals surface area contributed by atoms with E-state index in [1.54, 1.807) is 12.1 Å². The zero-order valence-electron chi connectivity index (χ0n) is 12.7. The first-order valence-electron chi connectivity index (χ1n) is 7.66. The maximum atomic E-state index is 11.0. The highest BCUT2D eigenvalue weighted by Gasteiger charge is 2.30. The van der Waals surface area contributed by atoms with Crippen LogP contribution in [-0.2, 0) is 6.54 Å². The van der Waals surface area contributed by atoms with Crippen molar-refractivity contribution in [3.63, 3.8) is 0 Å². The van der Waals surface area contributed by atoms with Crippen LogP contribution in [0.2, 0.25) is 0 Å². The lowest BCUT2D eigenvalue weighted by Gasteiger charge is -2.37. The zero-order valence-corrected chi connectivity index (χ0v) is 12.7. The molecular formula is C18H20N2O2. The molecule has 4 heteroatoms. The monoisotopic (exact) mass is 296 g/mol. The third-order valence-corrected chi connectivity index (χ3v) is 4.54. The second kappa shape index (κ2) is 6.28. The van der Waals surface area contributed by atoms with Gasteiger partial charge in [0.2, 0.25) is 0 Å². The Bertz CT molecular complexity index is 678. The standard InChI is InChI=1S/C18H20N2O2/c1-13-6-2-4-8-17(13)15-10-16(11-15)19-12-14-7-3-5-9-18(14)20(21)22/h2-9,15-16,19H,10-12H2,1H3. The van der Waals surface area contributed by atoms with Gasteiger partial charge in [-0.3, -0.25) is 10.1 Å². The van der Waals surface area contributed by atoms with Crippen LogP contribution in [0.15, 0.2) is 48.5 Å². The minimum absolute atomic E-state index is 0.199. The van der Waals surface area contributed by atoms with Crippen LogP contribution in [0.5, 0.6) is 0 Å². The second-order valence-corrected chi connectivity index (χ2v) is 5.99. The normalized spacial score (nSPS) is 20.4. The van der Waals surface area contributed by atoms with Gasteiger partial charge >= 0.3 is 0 Å². The lowest BCUT2D eigenvalue weighted by atomic mass is 9.74. The third kappa shape index (κ3) is 3.02. The van der Waals surface area contributed by atoms with E-state index in [2.05, 4.69) is 36.5 Å². The van der Waals surface area contributed by atoms with E-state index >= 15 is 0 Å². The molecule has 0 heterocycles. The molecule has 2 aromatic rings. The highest BCUT2D eigenvalue weighted by molar-refractivity contribution is 5.39. The summed E-state index contributed by atoms with van der Waals surface area (Å²) in [6.45, 7) is 2.71. The first kappa shape index (κ1) is 14.7. The van der Waals surface area contributed by atoms with E-state index in [0.29, 0.717) is 18.5 Å². The molecule has 1 fully saturated rings. The average molecular weight is 296 g/mol. The van der Waals surface area contributed by atoms with Crippen LogP contribution in [0.25, 0.3) is 0 Å². The van der Waals surface area contributed by atoms with Gasteiger partial charge in [-0.2, -0.15) is 0 Å². The Morgan fingerprint density at radius 2 is 1.82 bits per heavy atom. The molecule has 0 aliphatic heterocycles. The Hall–Kier alpha value is -2.20. The molecule has 22 heavy (non-hydrogen) atoms. The van der Waals surface area contributed by atoms with Crippen molar-refractivity contribution in [3.8, 4) is 0 Å². The van der Waals surface area contributed by atoms with E-state index in [1.807, 2.05) is 12.1 Å². The predicted molar refractivity (Wildman–Crippen MR) is 86.9 cm³/mol. The van der Waals surface area contributed by atoms with E-state index in [9.17, 15) is 10.1 Å². The number of nitro benzene ring substituents is 1. The zero-order chi connectivity index (χ0) is 15.5. The van der Waals surface area contributed by atoms with Gasteiger partial charge in [-0.05, 0) is 36.8 Å². The molecule has 1 aliphatic carbocycles. The molecule has 1 N–H and O–H groups in total. The number of hydrogen-bond donors (Lipinski definition) is 1. The molecule has 0 radical (unpaired) electrons. The fourth-order valence-electron chi connectivity index (χ4n) is 3.18. The van der Waals surface area contributed by atoms with Crippen LogP contribution < -0.4 is 5.32 Å². The predicted octanol–water partition coefficient (Wildman–Crippen LogP) is 3.94. The average Bonchev–Trinajstić information content (AvgIpc) is 2.47. The largest absolute Gasteiger partial charge is 0.310 e. The van der Waals surface area contributed by atoms with Gasteiger partial charge in [0.1, 0.15) is 0 Å². The summed E-state index contributed by atoms with van der Waals surface area (Å²) in [4.78, 5) is 10.7. The molecule has 114 valence electrons. The van der Waals surface area contributed by atoms with Crippen molar-refractivity contribution in [2.45, 2.75) is 38.3 Å². The molecule has 0 saturated heterocycles. The van der Waals surface area contributed by atoms with Gasteiger partial charge in [0, 0.05) is 24.2 Å². The fourth-order valence-corrected chi connectivity index (χ4v) is 3.18. The Balaban J connectivity index is 1.55. The number of nitrogens with one attached hydrogen (secondary N) is 1. The first-order valence-corrected chi connectivity index (χ1v) is 7.66. The molecule has 0 atom stereocenters. The molecule has 1 aliphatic rings. The molecule has 0 aromatic heterocycles. The van der Waals surface area contributed by atoms with E-state index in [1.165, 1.54) is 11.1 Å². The summed E-state index contributed by atoms with van der Waals surface area (Å²) in [5.74, 6) is 0.615. The summed E-state index contributed by atoms with van der Waals surface area (Å²) in [5, 5.41) is 14.4. The highest BCUT2D eigenvalue weighted by Crippen LogP contribution is 2.38. The van der Waals surface area contributed by atoms with Crippen LogP contribution in [0, 0.1) is 17.0 Å². The van der Waals surface area contributed by atoms with Crippen molar-refractivity contribution in [3.05, 3.63) is 75.3 Å². The van der Waals surface area contributed by atoms with Crippen LogP contribution in [0.1, 0.15) is 35.4 Å². The molecule has 3 rings (SSSR count). The van der Waals surface area contributed by atoms with Gasteiger partial charge in [0.05, 0.1) is 4.92 Å². The van der Waals surface area contributed by atoms with Gasteiger partial charge in [0.15, 0.2) is 0 Å². The summed E-state index contributed by atoms with van der Waals surface area (Å²) in [5.41, 5.74) is 3.74. The first-order chi connectivity index (χ1) is 10.6. The number of rotatable bonds is 5. The van der Waals surface area contributed by atoms with Crippen molar-refractivity contribution in [1.82, 2.24) is 5.32 Å². The molecule has 2 aromatic carbocycles. The summed E-state index contributed by atoms with van der Waals surface area (Å²) >= 11 is 0. The Labute approximate surface area is 130 Å². The summed E-state index contributed by atoms with van der Waals surface area (Å²) in [6, 6.07) is 15.9. The Kier molecular flexibility index (Phi) is 4.20. The van der Waals surface area contributed by atoms with Gasteiger partial charge in [-0.25, -0.2) is 0 Å². The minimum Gasteiger partial charge on any atom is -0.310 e. The van der Waals surface area contributed by atoms with Crippen LogP contribution in [0.3, 0.4) is 0 Å². The van der Waals surface area contributed by atoms with Crippen molar-refractivity contribution in [2.75, 3.05) is 0 Å². The molecule has 0 unspecified atom stereocenters. The van der Waals surface area contributed by atoms with Gasteiger partial charge < -0.3 is 5.32 Å². The number of hydrogen-bond acceptors (Lipinski definition) is 3. The van der Waals surface area contributed by atoms with Crippen LogP contribution >= 0.6 is 0 Å². The van der Waals surface area contributed by atoms with Crippen molar-refractivity contribution >= 4 is 5.69 Å². The minimum atomic E-state index is -0.312. The molecular weight excluding hydrogens is 276 g/mol. The Morgan fingerprint density at radius 1 is 1.14 bits per heavy atom. The molecule has 0 bridgehead atoms. The maximum absolute atomic E-state index is 11.0. The lowest BCUT2D eigenvalue weighted by molar-refractivity contribution is -0.385. The number of benzene rings is 2. The molecule has 4 nitrogen and oxygen atoms in total. The smallest absolute Gasteiger partial charge is 0.273 e. The summed E-state index contributed by atoms with van der Waals surface area (Å²) < 4.78 is 0. The molecule has 0 amide bonds.